The molecular weight excluding hydrogens is 370 g/mol. The van der Waals surface area contributed by atoms with Crippen molar-refractivity contribution < 1.29 is 4.74 Å². The van der Waals surface area contributed by atoms with Crippen LogP contribution in [-0.4, -0.2) is 24.7 Å². The molecule has 0 saturated carbocycles. The molecule has 0 aromatic heterocycles. The Morgan fingerprint density at radius 2 is 1.04 bits per heavy atom. The van der Waals surface area contributed by atoms with E-state index in [1.165, 1.54) is 0 Å². The summed E-state index contributed by atoms with van der Waals surface area (Å²) >= 11 is 0. The van der Waals surface area contributed by atoms with Gasteiger partial charge in [0.1, 0.15) is 5.60 Å². The maximum absolute atomic E-state index is 6.70. The van der Waals surface area contributed by atoms with Crippen molar-refractivity contribution in [1.82, 2.24) is 0 Å². The van der Waals surface area contributed by atoms with E-state index in [4.69, 9.17) is 10.5 Å². The zero-order valence-corrected chi connectivity index (χ0v) is 16.9. The summed E-state index contributed by atoms with van der Waals surface area (Å²) in [5.74, 6) is 1.88. The maximum Gasteiger partial charge on any atom is 0.143 e. The molecule has 2 nitrogen and oxygen atoms in total. The second-order valence-electron chi connectivity index (χ2n) is 6.06. The van der Waals surface area contributed by atoms with Crippen LogP contribution in [0.3, 0.4) is 0 Å². The summed E-state index contributed by atoms with van der Waals surface area (Å²) in [4.78, 5) is 0. The first-order valence-electron chi connectivity index (χ1n) is 9.13. The van der Waals surface area contributed by atoms with Crippen LogP contribution < -0.4 is 5.73 Å². The molecule has 0 atom stereocenters. The number of rotatable bonds is 10. The lowest BCUT2D eigenvalue weighted by molar-refractivity contribution is 0.0234. The van der Waals surface area contributed by atoms with Crippen LogP contribution in [0.2, 0.25) is 0 Å². The predicted octanol–water partition coefficient (Wildman–Crippen LogP) is 5.34. The lowest BCUT2D eigenvalue weighted by atomic mass is 9.80. The van der Waals surface area contributed by atoms with E-state index in [0.717, 1.165) is 28.2 Å². The fraction of sp³-hybridized carbons (Fsp3) is 0.217. The minimum Gasteiger partial charge on any atom is -0.360 e. The highest BCUT2D eigenvalue weighted by molar-refractivity contribution is 8.76. The maximum atomic E-state index is 6.70. The average Bonchev–Trinajstić information content (AvgIpc) is 2.75. The van der Waals surface area contributed by atoms with E-state index >= 15 is 0 Å². The third kappa shape index (κ3) is 4.96. The van der Waals surface area contributed by atoms with Gasteiger partial charge in [0.15, 0.2) is 0 Å². The van der Waals surface area contributed by atoms with E-state index in [1.807, 2.05) is 29.0 Å². The lowest BCUT2D eigenvalue weighted by Gasteiger charge is -2.36. The Morgan fingerprint density at radius 1 is 0.630 bits per heavy atom. The standard InChI is InChI=1S/C23H25NOS2/c24-16-18-26-27-19-17-25-23(20-10-4-1-5-11-20,21-12-6-2-7-13-21)22-14-8-3-9-15-22/h1-15H,16-19,24H2. The highest BCUT2D eigenvalue weighted by Gasteiger charge is 2.37. The Hall–Kier alpha value is -1.72. The molecule has 0 bridgehead atoms. The van der Waals surface area contributed by atoms with Crippen LogP contribution in [0.1, 0.15) is 16.7 Å². The van der Waals surface area contributed by atoms with Gasteiger partial charge in [0, 0.05) is 18.1 Å². The molecule has 27 heavy (non-hydrogen) atoms. The van der Waals surface area contributed by atoms with E-state index in [9.17, 15) is 0 Å². The van der Waals surface area contributed by atoms with Crippen LogP contribution in [0.25, 0.3) is 0 Å². The van der Waals surface area contributed by atoms with Gasteiger partial charge in [0.2, 0.25) is 0 Å². The van der Waals surface area contributed by atoms with Gasteiger partial charge in [0.25, 0.3) is 0 Å². The van der Waals surface area contributed by atoms with Gasteiger partial charge in [-0.2, -0.15) is 0 Å². The molecular formula is C23H25NOS2. The second-order valence-corrected chi connectivity index (χ2v) is 8.76. The predicted molar refractivity (Wildman–Crippen MR) is 119 cm³/mol. The average molecular weight is 396 g/mol. The summed E-state index contributed by atoms with van der Waals surface area (Å²) in [6.45, 7) is 1.36. The van der Waals surface area contributed by atoms with E-state index in [2.05, 4.69) is 72.8 Å². The Balaban J connectivity index is 1.98. The van der Waals surface area contributed by atoms with Crippen molar-refractivity contribution in [3.63, 3.8) is 0 Å². The van der Waals surface area contributed by atoms with Crippen LogP contribution in [0.4, 0.5) is 0 Å². The molecule has 0 heterocycles. The Labute approximate surface area is 169 Å². The van der Waals surface area contributed by atoms with E-state index in [-0.39, 0.29) is 0 Å². The first-order valence-corrected chi connectivity index (χ1v) is 11.6. The van der Waals surface area contributed by atoms with Gasteiger partial charge in [-0.1, -0.05) is 113 Å². The van der Waals surface area contributed by atoms with Crippen molar-refractivity contribution in [3.8, 4) is 0 Å². The quantitative estimate of drug-likeness (QED) is 0.286. The number of hydrogen-bond donors (Lipinski definition) is 1. The van der Waals surface area contributed by atoms with E-state index in [0.29, 0.717) is 13.2 Å². The van der Waals surface area contributed by atoms with Gasteiger partial charge in [-0.3, -0.25) is 0 Å². The second kappa shape index (κ2) is 10.6. The minimum atomic E-state index is -0.622. The highest BCUT2D eigenvalue weighted by Crippen LogP contribution is 2.40. The molecule has 0 spiro atoms. The van der Waals surface area contributed by atoms with Crippen LogP contribution >= 0.6 is 21.6 Å². The first-order chi connectivity index (χ1) is 13.4. The lowest BCUT2D eigenvalue weighted by Crippen LogP contribution is -2.33. The summed E-state index contributed by atoms with van der Waals surface area (Å²) in [6.07, 6.45) is 0. The number of ether oxygens (including phenoxy) is 1. The third-order valence-electron chi connectivity index (χ3n) is 4.31. The van der Waals surface area contributed by atoms with Gasteiger partial charge in [-0.15, -0.1) is 0 Å². The number of benzene rings is 3. The molecule has 0 aliphatic carbocycles. The van der Waals surface area contributed by atoms with Crippen LogP contribution in [0.5, 0.6) is 0 Å². The van der Waals surface area contributed by atoms with Crippen molar-refractivity contribution in [2.45, 2.75) is 5.60 Å². The van der Waals surface area contributed by atoms with Crippen molar-refractivity contribution >= 4 is 21.6 Å². The molecule has 3 rings (SSSR count). The monoisotopic (exact) mass is 395 g/mol. The molecule has 0 radical (unpaired) electrons. The van der Waals surface area contributed by atoms with Crippen LogP contribution in [-0.2, 0) is 10.3 Å². The molecule has 0 aliphatic heterocycles. The first kappa shape index (κ1) is 20.0. The van der Waals surface area contributed by atoms with Crippen molar-refractivity contribution in [3.05, 3.63) is 108 Å². The Bertz CT molecular complexity index is 685. The summed E-state index contributed by atoms with van der Waals surface area (Å²) in [6, 6.07) is 31.5. The smallest absolute Gasteiger partial charge is 0.143 e. The summed E-state index contributed by atoms with van der Waals surface area (Å²) in [5.41, 5.74) is 8.38. The van der Waals surface area contributed by atoms with Crippen molar-refractivity contribution in [2.24, 2.45) is 5.73 Å². The topological polar surface area (TPSA) is 35.2 Å². The zero-order chi connectivity index (χ0) is 18.8. The fourth-order valence-corrected chi connectivity index (χ4v) is 4.85. The SMILES string of the molecule is NCCSSCCOC(c1ccccc1)(c1ccccc1)c1ccccc1. The molecule has 140 valence electrons. The molecule has 4 heteroatoms. The summed E-state index contributed by atoms with van der Waals surface area (Å²) < 4.78 is 6.70. The molecule has 0 unspecified atom stereocenters. The van der Waals surface area contributed by atoms with E-state index < -0.39 is 5.60 Å². The molecule has 0 fully saturated rings. The zero-order valence-electron chi connectivity index (χ0n) is 15.3. The van der Waals surface area contributed by atoms with Crippen LogP contribution in [0, 0.1) is 0 Å². The highest BCUT2D eigenvalue weighted by atomic mass is 33.1. The van der Waals surface area contributed by atoms with Gasteiger partial charge in [-0.25, -0.2) is 0 Å². The normalized spacial score (nSPS) is 11.4. The van der Waals surface area contributed by atoms with Gasteiger partial charge < -0.3 is 10.5 Å². The van der Waals surface area contributed by atoms with Gasteiger partial charge in [-0.05, 0) is 16.7 Å². The van der Waals surface area contributed by atoms with Gasteiger partial charge in [0.05, 0.1) is 6.61 Å². The van der Waals surface area contributed by atoms with E-state index in [1.54, 1.807) is 10.8 Å². The molecule has 3 aromatic rings. The summed E-state index contributed by atoms with van der Waals surface area (Å²) in [7, 11) is 3.62. The number of hydrogen-bond acceptors (Lipinski definition) is 4. The summed E-state index contributed by atoms with van der Waals surface area (Å²) in [5, 5.41) is 0. The Morgan fingerprint density at radius 3 is 1.44 bits per heavy atom. The van der Waals surface area contributed by atoms with Crippen molar-refractivity contribution in [1.29, 1.82) is 0 Å². The van der Waals surface area contributed by atoms with Crippen molar-refractivity contribution in [2.75, 3.05) is 24.7 Å². The molecule has 0 saturated heterocycles. The molecule has 3 aromatic carbocycles. The molecule has 0 amide bonds. The number of nitrogens with two attached hydrogens (primary N) is 1. The minimum absolute atomic E-state index is 0.622. The molecule has 0 aliphatic rings. The molecule has 2 N–H and O–H groups in total. The fourth-order valence-electron chi connectivity index (χ4n) is 3.16. The third-order valence-corrected chi connectivity index (χ3v) is 6.71. The van der Waals surface area contributed by atoms with Gasteiger partial charge >= 0.3 is 0 Å². The Kier molecular flexibility index (Phi) is 7.84. The van der Waals surface area contributed by atoms with Crippen LogP contribution in [0.15, 0.2) is 91.0 Å². The largest absolute Gasteiger partial charge is 0.360 e.